The molecule has 0 unspecified atom stereocenters. The van der Waals surface area contributed by atoms with Crippen LogP contribution in [0.3, 0.4) is 0 Å². The number of piperazine rings is 1. The second kappa shape index (κ2) is 11.3. The number of aliphatic imine (C=N–C) groups is 1. The van der Waals surface area contributed by atoms with Gasteiger partial charge in [0.1, 0.15) is 5.82 Å². The Morgan fingerprint density at radius 2 is 1.93 bits per heavy atom. The van der Waals surface area contributed by atoms with Crippen molar-refractivity contribution in [2.45, 2.75) is 33.2 Å². The van der Waals surface area contributed by atoms with Crippen LogP contribution in [0.2, 0.25) is 0 Å². The van der Waals surface area contributed by atoms with Gasteiger partial charge in [0.05, 0.1) is 0 Å². The summed E-state index contributed by atoms with van der Waals surface area (Å²) in [5, 5.41) is 3.53. The van der Waals surface area contributed by atoms with Crippen LogP contribution in [0.1, 0.15) is 24.2 Å². The van der Waals surface area contributed by atoms with Crippen LogP contribution < -0.4 is 10.2 Å². The molecular weight excluding hydrogens is 463 g/mol. The normalized spacial score (nSPS) is 14.8. The Hall–Kier alpha value is -1.77. The fraction of sp³-hybridized carbons (Fsp3) is 0.524. The Bertz CT molecular complexity index is 749. The largest absolute Gasteiger partial charge is 0.368 e. The highest BCUT2D eigenvalue weighted by atomic mass is 127. The third kappa shape index (κ3) is 6.12. The molecule has 1 aromatic carbocycles. The van der Waals surface area contributed by atoms with Gasteiger partial charge in [0.25, 0.3) is 0 Å². The number of aryl methyl sites for hydroxylation is 3. The fourth-order valence-corrected chi connectivity index (χ4v) is 3.58. The van der Waals surface area contributed by atoms with Crippen LogP contribution in [0.15, 0.2) is 41.7 Å². The molecule has 1 aliphatic rings. The number of imidazole rings is 1. The van der Waals surface area contributed by atoms with E-state index in [0.717, 1.165) is 63.9 Å². The van der Waals surface area contributed by atoms with Gasteiger partial charge in [-0.05, 0) is 44.4 Å². The van der Waals surface area contributed by atoms with E-state index in [9.17, 15) is 0 Å². The molecule has 1 aromatic heterocycles. The zero-order valence-corrected chi connectivity index (χ0v) is 19.6. The number of aromatic nitrogens is 2. The van der Waals surface area contributed by atoms with Crippen LogP contribution in [0.25, 0.3) is 0 Å². The number of hydrogen-bond donors (Lipinski definition) is 1. The standard InChI is InChI=1S/C21H32N6.HI/c1-18-7-6-8-20(17-18)26-13-15-27(16-14-26)21(22-3)24-9-4-5-11-25-12-10-23-19(25)2;/h6-8,10,12,17H,4-5,9,11,13-16H2,1-3H3,(H,22,24);1H. The summed E-state index contributed by atoms with van der Waals surface area (Å²) in [6.07, 6.45) is 6.18. The van der Waals surface area contributed by atoms with E-state index in [1.165, 1.54) is 11.3 Å². The number of unbranched alkanes of at least 4 members (excludes halogenated alkanes) is 1. The molecule has 0 spiro atoms. The van der Waals surface area contributed by atoms with E-state index in [4.69, 9.17) is 0 Å². The molecule has 1 N–H and O–H groups in total. The van der Waals surface area contributed by atoms with Crippen molar-refractivity contribution < 1.29 is 0 Å². The number of rotatable bonds is 6. The van der Waals surface area contributed by atoms with E-state index in [0.29, 0.717) is 0 Å². The molecule has 0 atom stereocenters. The molecule has 1 saturated heterocycles. The van der Waals surface area contributed by atoms with Crippen molar-refractivity contribution in [1.29, 1.82) is 0 Å². The minimum atomic E-state index is 0. The van der Waals surface area contributed by atoms with Crippen LogP contribution in [-0.2, 0) is 6.54 Å². The van der Waals surface area contributed by atoms with E-state index in [1.807, 2.05) is 13.2 Å². The van der Waals surface area contributed by atoms with Gasteiger partial charge in [-0.15, -0.1) is 24.0 Å². The molecule has 154 valence electrons. The Morgan fingerprint density at radius 3 is 2.57 bits per heavy atom. The predicted molar refractivity (Wildman–Crippen MR) is 128 cm³/mol. The number of guanidine groups is 1. The monoisotopic (exact) mass is 496 g/mol. The zero-order valence-electron chi connectivity index (χ0n) is 17.3. The Labute approximate surface area is 186 Å². The quantitative estimate of drug-likeness (QED) is 0.289. The third-order valence-corrected chi connectivity index (χ3v) is 5.19. The number of nitrogens with zero attached hydrogens (tertiary/aromatic N) is 5. The van der Waals surface area contributed by atoms with Crippen molar-refractivity contribution in [3.63, 3.8) is 0 Å². The summed E-state index contributed by atoms with van der Waals surface area (Å²) in [6, 6.07) is 8.77. The molecule has 3 rings (SSSR count). The molecule has 28 heavy (non-hydrogen) atoms. The predicted octanol–water partition coefficient (Wildman–Crippen LogP) is 3.30. The van der Waals surface area contributed by atoms with Gasteiger partial charge in [-0.1, -0.05) is 12.1 Å². The molecule has 2 aromatic rings. The molecular formula is C21H33IN6. The summed E-state index contributed by atoms with van der Waals surface area (Å²) in [6.45, 7) is 10.3. The Kier molecular flexibility index (Phi) is 9.08. The highest BCUT2D eigenvalue weighted by Crippen LogP contribution is 2.17. The first-order valence-electron chi connectivity index (χ1n) is 9.92. The molecule has 0 radical (unpaired) electrons. The molecule has 6 nitrogen and oxygen atoms in total. The first kappa shape index (κ1) is 22.5. The smallest absolute Gasteiger partial charge is 0.193 e. The van der Waals surface area contributed by atoms with E-state index in [1.54, 1.807) is 0 Å². The average Bonchev–Trinajstić information content (AvgIpc) is 3.10. The lowest BCUT2D eigenvalue weighted by atomic mass is 10.2. The maximum atomic E-state index is 4.48. The number of hydrogen-bond acceptors (Lipinski definition) is 3. The SMILES string of the molecule is CN=C(NCCCCn1ccnc1C)N1CCN(c2cccc(C)c2)CC1.I. The lowest BCUT2D eigenvalue weighted by Crippen LogP contribution is -2.52. The number of halogens is 1. The molecule has 7 heteroatoms. The summed E-state index contributed by atoms with van der Waals surface area (Å²) >= 11 is 0. The van der Waals surface area contributed by atoms with Crippen LogP contribution in [0.5, 0.6) is 0 Å². The van der Waals surface area contributed by atoms with Crippen molar-refractivity contribution in [2.75, 3.05) is 44.7 Å². The van der Waals surface area contributed by atoms with Gasteiger partial charge in [0.15, 0.2) is 5.96 Å². The fourth-order valence-electron chi connectivity index (χ4n) is 3.58. The van der Waals surface area contributed by atoms with E-state index in [-0.39, 0.29) is 24.0 Å². The van der Waals surface area contributed by atoms with Gasteiger partial charge < -0.3 is 19.7 Å². The van der Waals surface area contributed by atoms with Gasteiger partial charge in [0.2, 0.25) is 0 Å². The van der Waals surface area contributed by atoms with Gasteiger partial charge in [-0.25, -0.2) is 4.98 Å². The Balaban J connectivity index is 0.00000280. The summed E-state index contributed by atoms with van der Waals surface area (Å²) in [5.41, 5.74) is 2.64. The summed E-state index contributed by atoms with van der Waals surface area (Å²) in [7, 11) is 1.88. The van der Waals surface area contributed by atoms with Crippen molar-refractivity contribution in [3.8, 4) is 0 Å². The van der Waals surface area contributed by atoms with E-state index >= 15 is 0 Å². The maximum absolute atomic E-state index is 4.48. The van der Waals surface area contributed by atoms with Crippen LogP contribution in [-0.4, -0.2) is 60.2 Å². The minimum Gasteiger partial charge on any atom is -0.368 e. The highest BCUT2D eigenvalue weighted by Gasteiger charge is 2.19. The van der Waals surface area contributed by atoms with Gasteiger partial charge in [-0.3, -0.25) is 4.99 Å². The second-order valence-corrected chi connectivity index (χ2v) is 7.16. The Morgan fingerprint density at radius 1 is 1.14 bits per heavy atom. The van der Waals surface area contributed by atoms with Crippen molar-refractivity contribution in [1.82, 2.24) is 19.8 Å². The molecule has 0 aliphatic carbocycles. The molecule has 1 fully saturated rings. The lowest BCUT2D eigenvalue weighted by molar-refractivity contribution is 0.372. The maximum Gasteiger partial charge on any atom is 0.193 e. The number of benzene rings is 1. The summed E-state index contributed by atoms with van der Waals surface area (Å²) in [5.74, 6) is 2.11. The average molecular weight is 496 g/mol. The summed E-state index contributed by atoms with van der Waals surface area (Å²) < 4.78 is 2.21. The third-order valence-electron chi connectivity index (χ3n) is 5.19. The number of nitrogens with one attached hydrogen (secondary N) is 1. The van der Waals surface area contributed by atoms with Crippen LogP contribution >= 0.6 is 24.0 Å². The zero-order chi connectivity index (χ0) is 19.1. The molecule has 2 heterocycles. The first-order valence-corrected chi connectivity index (χ1v) is 9.92. The minimum absolute atomic E-state index is 0. The van der Waals surface area contributed by atoms with Crippen molar-refractivity contribution in [3.05, 3.63) is 48.0 Å². The molecule has 0 saturated carbocycles. The number of anilines is 1. The summed E-state index contributed by atoms with van der Waals surface area (Å²) in [4.78, 5) is 13.6. The highest BCUT2D eigenvalue weighted by molar-refractivity contribution is 14.0. The van der Waals surface area contributed by atoms with Crippen molar-refractivity contribution >= 4 is 35.6 Å². The van der Waals surface area contributed by atoms with E-state index < -0.39 is 0 Å². The topological polar surface area (TPSA) is 48.7 Å². The second-order valence-electron chi connectivity index (χ2n) is 7.16. The van der Waals surface area contributed by atoms with Crippen LogP contribution in [0.4, 0.5) is 5.69 Å². The van der Waals surface area contributed by atoms with Gasteiger partial charge >= 0.3 is 0 Å². The van der Waals surface area contributed by atoms with Crippen molar-refractivity contribution in [2.24, 2.45) is 4.99 Å². The molecule has 1 aliphatic heterocycles. The van der Waals surface area contributed by atoms with E-state index in [2.05, 4.69) is 74.0 Å². The van der Waals surface area contributed by atoms with Crippen LogP contribution in [0, 0.1) is 13.8 Å². The lowest BCUT2D eigenvalue weighted by Gasteiger charge is -2.37. The van der Waals surface area contributed by atoms with Gasteiger partial charge in [0, 0.05) is 64.4 Å². The molecule has 0 bridgehead atoms. The molecule has 0 amide bonds. The van der Waals surface area contributed by atoms with Gasteiger partial charge in [-0.2, -0.15) is 0 Å². The first-order chi connectivity index (χ1) is 13.2.